The molecule has 0 aliphatic rings. The van der Waals surface area contributed by atoms with Crippen LogP contribution in [0.1, 0.15) is 10.4 Å². The molecule has 0 aromatic heterocycles. The molecule has 0 unspecified atom stereocenters. The Hall–Kier alpha value is -2.19. The van der Waals surface area contributed by atoms with Crippen molar-refractivity contribution < 1.29 is 18.0 Å². The van der Waals surface area contributed by atoms with Gasteiger partial charge in [0.05, 0.1) is 11.4 Å². The number of benzene rings is 1. The first kappa shape index (κ1) is 17.9. The quantitative estimate of drug-likeness (QED) is 0.688. The van der Waals surface area contributed by atoms with Crippen LogP contribution in [-0.4, -0.2) is 52.3 Å². The molecule has 0 fully saturated rings. The molecule has 0 heterocycles. The third kappa shape index (κ3) is 4.97. The summed E-state index contributed by atoms with van der Waals surface area (Å²) in [6.45, 7) is 3.37. The zero-order chi connectivity index (χ0) is 16.8. The van der Waals surface area contributed by atoms with Crippen LogP contribution in [0.4, 0.5) is 0 Å². The Balaban J connectivity index is 2.85. The molecular formula is C14H19N3O4S. The fourth-order valence-electron chi connectivity index (χ4n) is 1.47. The molecule has 0 radical (unpaired) electrons. The first-order valence-electron chi connectivity index (χ1n) is 6.47. The van der Waals surface area contributed by atoms with Crippen LogP contribution in [0.5, 0.6) is 0 Å². The number of rotatable bonds is 7. The number of carbonyl (C=O) groups is 2. The normalized spacial score (nSPS) is 10.8. The molecule has 7 nitrogen and oxygen atoms in total. The summed E-state index contributed by atoms with van der Waals surface area (Å²) >= 11 is 0. The van der Waals surface area contributed by atoms with Gasteiger partial charge in [0, 0.05) is 26.2 Å². The Morgan fingerprint density at radius 3 is 2.59 bits per heavy atom. The van der Waals surface area contributed by atoms with Crippen molar-refractivity contribution in [3.8, 4) is 0 Å². The summed E-state index contributed by atoms with van der Waals surface area (Å²) in [5.41, 5.74) is 0.160. The van der Waals surface area contributed by atoms with E-state index in [2.05, 4.69) is 16.6 Å². The average Bonchev–Trinajstić information content (AvgIpc) is 2.50. The summed E-state index contributed by atoms with van der Waals surface area (Å²) in [7, 11) is -0.547. The summed E-state index contributed by atoms with van der Waals surface area (Å²) in [5, 5.41) is 2.44. The lowest BCUT2D eigenvalue weighted by Crippen LogP contribution is -2.36. The van der Waals surface area contributed by atoms with E-state index in [4.69, 9.17) is 0 Å². The van der Waals surface area contributed by atoms with Crippen LogP contribution in [-0.2, 0) is 14.8 Å². The van der Waals surface area contributed by atoms with Crippen molar-refractivity contribution in [3.05, 3.63) is 42.5 Å². The predicted molar refractivity (Wildman–Crippen MR) is 82.9 cm³/mol. The lowest BCUT2D eigenvalue weighted by atomic mass is 10.2. The molecule has 8 heteroatoms. The third-order valence-corrected chi connectivity index (χ3v) is 4.14. The molecule has 2 N–H and O–H groups in total. The fourth-order valence-corrected chi connectivity index (χ4v) is 2.52. The highest BCUT2D eigenvalue weighted by Gasteiger charge is 2.16. The molecule has 2 amide bonds. The van der Waals surface area contributed by atoms with E-state index in [0.29, 0.717) is 0 Å². The van der Waals surface area contributed by atoms with Crippen molar-refractivity contribution >= 4 is 21.8 Å². The number of amides is 2. The minimum absolute atomic E-state index is 0.0269. The molecule has 22 heavy (non-hydrogen) atoms. The van der Waals surface area contributed by atoms with E-state index in [9.17, 15) is 18.0 Å². The molecule has 0 spiro atoms. The van der Waals surface area contributed by atoms with Crippen molar-refractivity contribution in [3.63, 3.8) is 0 Å². The van der Waals surface area contributed by atoms with Crippen molar-refractivity contribution in [2.45, 2.75) is 4.90 Å². The second-order valence-corrected chi connectivity index (χ2v) is 6.41. The van der Waals surface area contributed by atoms with Gasteiger partial charge in [-0.25, -0.2) is 13.1 Å². The van der Waals surface area contributed by atoms with E-state index in [1.165, 1.54) is 35.2 Å². The smallest absolute Gasteiger partial charge is 0.251 e. The number of sulfonamides is 1. The van der Waals surface area contributed by atoms with Crippen LogP contribution < -0.4 is 10.0 Å². The Kier molecular flexibility index (Phi) is 6.26. The molecule has 1 aromatic carbocycles. The largest absolute Gasteiger partial charge is 0.347 e. The average molecular weight is 325 g/mol. The maximum Gasteiger partial charge on any atom is 0.251 e. The van der Waals surface area contributed by atoms with Gasteiger partial charge in [0.15, 0.2) is 0 Å². The zero-order valence-electron chi connectivity index (χ0n) is 12.5. The highest BCUT2D eigenvalue weighted by molar-refractivity contribution is 7.89. The number of likely N-dealkylation sites (N-methyl/N-ethyl adjacent to an activating group) is 1. The van der Waals surface area contributed by atoms with Gasteiger partial charge in [-0.2, -0.15) is 0 Å². The number of nitrogens with one attached hydrogen (secondary N) is 2. The molecule has 0 atom stereocenters. The van der Waals surface area contributed by atoms with Crippen LogP contribution in [0.2, 0.25) is 0 Å². The van der Waals surface area contributed by atoms with Gasteiger partial charge in [0.25, 0.3) is 5.91 Å². The molecule has 120 valence electrons. The summed E-state index contributed by atoms with van der Waals surface area (Å²) < 4.78 is 26.3. The van der Waals surface area contributed by atoms with E-state index in [1.54, 1.807) is 14.1 Å². The molecule has 1 aromatic rings. The number of carbonyl (C=O) groups excluding carboxylic acids is 2. The van der Waals surface area contributed by atoms with E-state index in [0.717, 1.165) is 0 Å². The third-order valence-electron chi connectivity index (χ3n) is 2.72. The lowest BCUT2D eigenvalue weighted by Gasteiger charge is -2.11. The Morgan fingerprint density at radius 1 is 1.32 bits per heavy atom. The zero-order valence-corrected chi connectivity index (χ0v) is 13.3. The van der Waals surface area contributed by atoms with Crippen LogP contribution in [0, 0.1) is 0 Å². The highest BCUT2D eigenvalue weighted by Crippen LogP contribution is 2.11. The van der Waals surface area contributed by atoms with Crippen molar-refractivity contribution in [1.82, 2.24) is 14.9 Å². The predicted octanol–water partition coefficient (Wildman–Crippen LogP) is -0.0311. The molecule has 0 aliphatic carbocycles. The maximum absolute atomic E-state index is 12.0. The van der Waals surface area contributed by atoms with Crippen LogP contribution >= 0.6 is 0 Å². The van der Waals surface area contributed by atoms with E-state index in [-0.39, 0.29) is 29.5 Å². The highest BCUT2D eigenvalue weighted by atomic mass is 32.2. The van der Waals surface area contributed by atoms with Crippen LogP contribution in [0.15, 0.2) is 41.8 Å². The van der Waals surface area contributed by atoms with Crippen LogP contribution in [0.3, 0.4) is 0 Å². The van der Waals surface area contributed by atoms with Gasteiger partial charge in [-0.05, 0) is 18.2 Å². The van der Waals surface area contributed by atoms with Gasteiger partial charge < -0.3 is 10.2 Å². The molecule has 0 bridgehead atoms. The monoisotopic (exact) mass is 325 g/mol. The molecule has 0 aliphatic heterocycles. The summed E-state index contributed by atoms with van der Waals surface area (Å²) in [6, 6.07) is 5.57. The van der Waals surface area contributed by atoms with E-state index >= 15 is 0 Å². The van der Waals surface area contributed by atoms with Gasteiger partial charge in [0.2, 0.25) is 15.9 Å². The number of nitrogens with zero attached hydrogens (tertiary/aromatic N) is 1. The Labute approximate surface area is 130 Å². The van der Waals surface area contributed by atoms with Gasteiger partial charge in [-0.3, -0.25) is 9.59 Å². The van der Waals surface area contributed by atoms with E-state index < -0.39 is 15.9 Å². The van der Waals surface area contributed by atoms with Crippen molar-refractivity contribution in [2.24, 2.45) is 0 Å². The minimum atomic E-state index is -3.70. The van der Waals surface area contributed by atoms with Crippen molar-refractivity contribution in [1.29, 1.82) is 0 Å². The minimum Gasteiger partial charge on any atom is -0.347 e. The van der Waals surface area contributed by atoms with Gasteiger partial charge in [0.1, 0.15) is 0 Å². The van der Waals surface area contributed by atoms with E-state index in [1.807, 2.05) is 0 Å². The number of hydrogen-bond acceptors (Lipinski definition) is 4. The molecular weight excluding hydrogens is 306 g/mol. The fraction of sp³-hybridized carbons (Fsp3) is 0.286. The molecule has 0 saturated heterocycles. The van der Waals surface area contributed by atoms with Gasteiger partial charge >= 0.3 is 0 Å². The van der Waals surface area contributed by atoms with Crippen LogP contribution in [0.25, 0.3) is 0 Å². The molecule has 1 rings (SSSR count). The van der Waals surface area contributed by atoms with Gasteiger partial charge in [-0.1, -0.05) is 12.1 Å². The first-order chi connectivity index (χ1) is 10.3. The summed E-state index contributed by atoms with van der Waals surface area (Å²) in [4.78, 5) is 24.7. The second kappa shape index (κ2) is 7.71. The standard InChI is InChI=1S/C14H19N3O4S/c1-4-8-16-22(20,21)12-7-5-6-11(9-12)14(19)15-10-13(18)17(2)3/h4-7,9,16H,1,8,10H2,2-3H3,(H,15,19). The lowest BCUT2D eigenvalue weighted by molar-refractivity contribution is -0.127. The Morgan fingerprint density at radius 2 is 2.00 bits per heavy atom. The SMILES string of the molecule is C=CCNS(=O)(=O)c1cccc(C(=O)NCC(=O)N(C)C)c1. The Bertz CT molecular complexity index is 668. The van der Waals surface area contributed by atoms with Gasteiger partial charge in [-0.15, -0.1) is 6.58 Å². The summed E-state index contributed by atoms with van der Waals surface area (Å²) in [6.07, 6.45) is 1.42. The maximum atomic E-state index is 12.0. The second-order valence-electron chi connectivity index (χ2n) is 4.64. The summed E-state index contributed by atoms with van der Waals surface area (Å²) in [5.74, 6) is -0.777. The molecule has 0 saturated carbocycles. The topological polar surface area (TPSA) is 95.6 Å². The number of hydrogen-bond donors (Lipinski definition) is 2. The van der Waals surface area contributed by atoms with Crippen molar-refractivity contribution in [2.75, 3.05) is 27.2 Å². The first-order valence-corrected chi connectivity index (χ1v) is 7.95.